The molecule has 21 heavy (non-hydrogen) atoms. The summed E-state index contributed by atoms with van der Waals surface area (Å²) in [6.45, 7) is 3.63. The van der Waals surface area contributed by atoms with Crippen molar-refractivity contribution in [2.75, 3.05) is 0 Å². The van der Waals surface area contributed by atoms with E-state index in [1.165, 1.54) is 6.07 Å². The fraction of sp³-hybridized carbons (Fsp3) is 0.235. The van der Waals surface area contributed by atoms with Crippen molar-refractivity contribution >= 4 is 5.97 Å². The molecule has 0 bridgehead atoms. The first kappa shape index (κ1) is 13.5. The van der Waals surface area contributed by atoms with Gasteiger partial charge in [-0.15, -0.1) is 0 Å². The highest BCUT2D eigenvalue weighted by Crippen LogP contribution is 2.43. The van der Waals surface area contributed by atoms with Gasteiger partial charge in [-0.1, -0.05) is 12.1 Å². The lowest BCUT2D eigenvalue weighted by atomic mass is 9.83. The van der Waals surface area contributed by atoms with E-state index in [9.17, 15) is 15.0 Å². The Morgan fingerprint density at radius 2 is 1.81 bits per heavy atom. The number of phenols is 2. The molecule has 0 aliphatic carbocycles. The zero-order valence-corrected chi connectivity index (χ0v) is 11.9. The highest BCUT2D eigenvalue weighted by Gasteiger charge is 2.31. The van der Waals surface area contributed by atoms with Crippen LogP contribution in [0.1, 0.15) is 34.6 Å². The average molecular weight is 284 g/mol. The second-order valence-electron chi connectivity index (χ2n) is 5.40. The van der Waals surface area contributed by atoms with E-state index in [1.807, 2.05) is 19.9 Å². The number of aromatic hydroxyl groups is 2. The molecule has 1 heterocycles. The number of benzene rings is 2. The van der Waals surface area contributed by atoms with Gasteiger partial charge in [0.25, 0.3) is 0 Å². The summed E-state index contributed by atoms with van der Waals surface area (Å²) in [6.07, 6.45) is 0.224. The summed E-state index contributed by atoms with van der Waals surface area (Å²) in [5, 5.41) is 19.6. The van der Waals surface area contributed by atoms with Crippen LogP contribution in [0, 0.1) is 13.8 Å². The molecule has 0 radical (unpaired) electrons. The van der Waals surface area contributed by atoms with Crippen molar-refractivity contribution < 1.29 is 19.7 Å². The molecule has 0 fully saturated rings. The summed E-state index contributed by atoms with van der Waals surface area (Å²) >= 11 is 0. The molecule has 4 nitrogen and oxygen atoms in total. The van der Waals surface area contributed by atoms with Crippen LogP contribution in [0.3, 0.4) is 0 Å². The Kier molecular flexibility index (Phi) is 3.09. The number of hydrogen-bond acceptors (Lipinski definition) is 4. The zero-order valence-electron chi connectivity index (χ0n) is 11.9. The second kappa shape index (κ2) is 4.81. The third-order valence-corrected chi connectivity index (χ3v) is 4.01. The lowest BCUT2D eigenvalue weighted by Gasteiger charge is -2.27. The van der Waals surface area contributed by atoms with E-state index in [-0.39, 0.29) is 29.8 Å². The molecule has 0 saturated carbocycles. The number of carbonyl (C=O) groups excluding carboxylic acids is 1. The Bertz CT molecular complexity index is 734. The first-order valence-corrected chi connectivity index (χ1v) is 6.80. The SMILES string of the molecule is Cc1cc([C@@H]2CC(=O)Oc3ccc(O)c(C)c32)ccc1O. The van der Waals surface area contributed by atoms with E-state index in [4.69, 9.17) is 4.74 Å². The van der Waals surface area contributed by atoms with E-state index in [0.717, 1.165) is 22.3 Å². The molecule has 3 rings (SSSR count). The van der Waals surface area contributed by atoms with Crippen molar-refractivity contribution in [2.45, 2.75) is 26.2 Å². The van der Waals surface area contributed by atoms with Crippen molar-refractivity contribution in [3.8, 4) is 17.2 Å². The molecule has 2 aromatic carbocycles. The van der Waals surface area contributed by atoms with Crippen molar-refractivity contribution in [2.24, 2.45) is 0 Å². The average Bonchev–Trinajstić information content (AvgIpc) is 2.45. The largest absolute Gasteiger partial charge is 0.508 e. The number of aryl methyl sites for hydroxylation is 1. The fourth-order valence-electron chi connectivity index (χ4n) is 2.83. The number of phenolic OH excluding ortho intramolecular Hbond substituents is 2. The van der Waals surface area contributed by atoms with Gasteiger partial charge in [0.05, 0.1) is 6.42 Å². The van der Waals surface area contributed by atoms with E-state index >= 15 is 0 Å². The molecule has 2 N–H and O–H groups in total. The zero-order chi connectivity index (χ0) is 15.1. The van der Waals surface area contributed by atoms with E-state index < -0.39 is 0 Å². The smallest absolute Gasteiger partial charge is 0.312 e. The first-order valence-electron chi connectivity index (χ1n) is 6.80. The van der Waals surface area contributed by atoms with Crippen LogP contribution >= 0.6 is 0 Å². The van der Waals surface area contributed by atoms with Crippen molar-refractivity contribution in [1.29, 1.82) is 0 Å². The van der Waals surface area contributed by atoms with Gasteiger partial charge >= 0.3 is 5.97 Å². The maximum atomic E-state index is 11.8. The molecule has 0 aromatic heterocycles. The third-order valence-electron chi connectivity index (χ3n) is 4.01. The number of esters is 1. The minimum Gasteiger partial charge on any atom is -0.508 e. The summed E-state index contributed by atoms with van der Waals surface area (Å²) in [6, 6.07) is 8.45. The van der Waals surface area contributed by atoms with Gasteiger partial charge in [-0.05, 0) is 48.7 Å². The van der Waals surface area contributed by atoms with Gasteiger partial charge in [0.1, 0.15) is 17.2 Å². The maximum Gasteiger partial charge on any atom is 0.312 e. The quantitative estimate of drug-likeness (QED) is 0.623. The molecule has 0 unspecified atom stereocenters. The normalized spacial score (nSPS) is 17.2. The second-order valence-corrected chi connectivity index (χ2v) is 5.40. The van der Waals surface area contributed by atoms with Crippen LogP contribution in [0.15, 0.2) is 30.3 Å². The molecule has 1 aliphatic heterocycles. The van der Waals surface area contributed by atoms with Crippen molar-refractivity contribution in [1.82, 2.24) is 0 Å². The number of fused-ring (bicyclic) bond motifs is 1. The van der Waals surface area contributed by atoms with E-state index in [1.54, 1.807) is 18.2 Å². The molecule has 2 aromatic rings. The van der Waals surface area contributed by atoms with E-state index in [2.05, 4.69) is 0 Å². The Labute approximate surface area is 122 Å². The number of ether oxygens (including phenoxy) is 1. The van der Waals surface area contributed by atoms with Crippen LogP contribution in [0.5, 0.6) is 17.2 Å². The Morgan fingerprint density at radius 3 is 2.52 bits per heavy atom. The standard InChI is InChI=1S/C17H16O4/c1-9-7-11(3-4-13(9)18)12-8-16(20)21-15-6-5-14(19)10(2)17(12)15/h3-7,12,18-19H,8H2,1-2H3/t12-/m0/s1. The van der Waals surface area contributed by atoms with Crippen LogP contribution in [-0.4, -0.2) is 16.2 Å². The van der Waals surface area contributed by atoms with Gasteiger partial charge in [-0.25, -0.2) is 0 Å². The molecule has 0 saturated heterocycles. The van der Waals surface area contributed by atoms with Gasteiger partial charge in [0.15, 0.2) is 0 Å². The lowest BCUT2D eigenvalue weighted by molar-refractivity contribution is -0.135. The minimum atomic E-state index is -0.289. The minimum absolute atomic E-state index is 0.173. The molecular weight excluding hydrogens is 268 g/mol. The monoisotopic (exact) mass is 284 g/mol. The van der Waals surface area contributed by atoms with Crippen molar-refractivity contribution in [3.05, 3.63) is 52.6 Å². The van der Waals surface area contributed by atoms with Crippen molar-refractivity contribution in [3.63, 3.8) is 0 Å². The number of hydrogen-bond donors (Lipinski definition) is 2. The molecular formula is C17H16O4. The highest BCUT2D eigenvalue weighted by molar-refractivity contribution is 5.78. The van der Waals surface area contributed by atoms with Crippen LogP contribution in [-0.2, 0) is 4.79 Å². The van der Waals surface area contributed by atoms with Gasteiger partial charge in [0, 0.05) is 11.5 Å². The van der Waals surface area contributed by atoms with Gasteiger partial charge in [0.2, 0.25) is 0 Å². The molecule has 1 atom stereocenters. The maximum absolute atomic E-state index is 11.8. The Balaban J connectivity index is 2.18. The predicted molar refractivity (Wildman–Crippen MR) is 77.8 cm³/mol. The first-order chi connectivity index (χ1) is 9.97. The molecule has 0 amide bonds. The summed E-state index contributed by atoms with van der Waals surface area (Å²) in [7, 11) is 0. The number of carbonyl (C=O) groups is 1. The number of rotatable bonds is 1. The van der Waals surface area contributed by atoms with Crippen LogP contribution in [0.2, 0.25) is 0 Å². The lowest BCUT2D eigenvalue weighted by Crippen LogP contribution is -2.22. The summed E-state index contributed by atoms with van der Waals surface area (Å²) < 4.78 is 5.27. The summed E-state index contributed by atoms with van der Waals surface area (Å²) in [4.78, 5) is 11.8. The van der Waals surface area contributed by atoms with Gasteiger partial charge in [-0.3, -0.25) is 4.79 Å². The van der Waals surface area contributed by atoms with Crippen LogP contribution in [0.4, 0.5) is 0 Å². The molecule has 4 heteroatoms. The Morgan fingerprint density at radius 1 is 1.10 bits per heavy atom. The summed E-state index contributed by atoms with van der Waals surface area (Å²) in [5.41, 5.74) is 3.23. The van der Waals surface area contributed by atoms with E-state index in [0.29, 0.717) is 5.75 Å². The molecule has 0 spiro atoms. The summed E-state index contributed by atoms with van der Waals surface area (Å²) in [5.74, 6) is 0.449. The predicted octanol–water partition coefficient (Wildman–Crippen LogP) is 3.16. The van der Waals surface area contributed by atoms with Crippen LogP contribution in [0.25, 0.3) is 0 Å². The fourth-order valence-corrected chi connectivity index (χ4v) is 2.83. The molecule has 108 valence electrons. The van der Waals surface area contributed by atoms with Crippen LogP contribution < -0.4 is 4.74 Å². The topological polar surface area (TPSA) is 66.8 Å². The molecule has 1 aliphatic rings. The highest BCUT2D eigenvalue weighted by atomic mass is 16.5. The van der Waals surface area contributed by atoms with Gasteiger partial charge in [-0.2, -0.15) is 0 Å². The van der Waals surface area contributed by atoms with Gasteiger partial charge < -0.3 is 14.9 Å². The Hall–Kier alpha value is -2.49. The third kappa shape index (κ3) is 2.23.